The summed E-state index contributed by atoms with van der Waals surface area (Å²) < 4.78 is 17.4. The van der Waals surface area contributed by atoms with Gasteiger partial charge in [-0.2, -0.15) is 0 Å². The fourth-order valence-electron chi connectivity index (χ4n) is 2.18. The van der Waals surface area contributed by atoms with Crippen LogP contribution in [0.2, 0.25) is 5.02 Å². The van der Waals surface area contributed by atoms with Crippen LogP contribution in [0.1, 0.15) is 6.92 Å². The lowest BCUT2D eigenvalue weighted by Crippen LogP contribution is -2.30. The lowest BCUT2D eigenvalue weighted by atomic mass is 10.2. The van der Waals surface area contributed by atoms with Gasteiger partial charge in [0.1, 0.15) is 19.0 Å². The smallest absolute Gasteiger partial charge is 0.265 e. The molecule has 24 heavy (non-hydrogen) atoms. The van der Waals surface area contributed by atoms with Gasteiger partial charge in [0.2, 0.25) is 0 Å². The van der Waals surface area contributed by atoms with Gasteiger partial charge >= 0.3 is 0 Å². The molecule has 0 fully saturated rings. The van der Waals surface area contributed by atoms with Gasteiger partial charge in [-0.25, -0.2) is 0 Å². The van der Waals surface area contributed by atoms with Gasteiger partial charge in [0, 0.05) is 16.2 Å². The molecule has 3 rings (SSSR count). The minimum atomic E-state index is -0.711. The normalized spacial score (nSPS) is 14.0. The van der Waals surface area contributed by atoms with Gasteiger partial charge in [-0.15, -0.1) is 0 Å². The van der Waals surface area contributed by atoms with Crippen molar-refractivity contribution in [1.29, 1.82) is 0 Å². The van der Waals surface area contributed by atoms with Crippen molar-refractivity contribution in [2.45, 2.75) is 13.0 Å². The number of carbonyl (C=O) groups is 1. The molecule has 0 unspecified atom stereocenters. The fourth-order valence-corrected chi connectivity index (χ4v) is 2.90. The van der Waals surface area contributed by atoms with Crippen LogP contribution < -0.4 is 19.5 Å². The van der Waals surface area contributed by atoms with Crippen molar-refractivity contribution in [2.24, 2.45) is 0 Å². The highest BCUT2D eigenvalue weighted by Crippen LogP contribution is 2.33. The third kappa shape index (κ3) is 3.94. The zero-order chi connectivity index (χ0) is 17.1. The van der Waals surface area contributed by atoms with Crippen LogP contribution in [0.15, 0.2) is 40.9 Å². The van der Waals surface area contributed by atoms with E-state index in [1.807, 2.05) is 0 Å². The number of carbonyl (C=O) groups excluding carboxylic acids is 1. The first-order chi connectivity index (χ1) is 11.5. The van der Waals surface area contributed by atoms with E-state index in [1.165, 1.54) is 0 Å². The van der Waals surface area contributed by atoms with Crippen LogP contribution in [0.25, 0.3) is 0 Å². The van der Waals surface area contributed by atoms with E-state index in [9.17, 15) is 4.79 Å². The molecule has 0 radical (unpaired) electrons. The number of hydrogen-bond donors (Lipinski definition) is 1. The summed E-state index contributed by atoms with van der Waals surface area (Å²) in [7, 11) is 0. The lowest BCUT2D eigenvalue weighted by Gasteiger charge is -2.20. The molecule has 0 spiro atoms. The van der Waals surface area contributed by atoms with Crippen molar-refractivity contribution in [1.82, 2.24) is 0 Å². The summed E-state index contributed by atoms with van der Waals surface area (Å²) >= 11 is 9.43. The van der Waals surface area contributed by atoms with Crippen LogP contribution in [0, 0.1) is 0 Å². The predicted octanol–water partition coefficient (Wildman–Crippen LogP) is 4.28. The van der Waals surface area contributed by atoms with Crippen molar-refractivity contribution in [2.75, 3.05) is 18.5 Å². The Morgan fingerprint density at radius 1 is 1.21 bits per heavy atom. The first-order valence-corrected chi connectivity index (χ1v) is 8.52. The summed E-state index contributed by atoms with van der Waals surface area (Å²) in [6.07, 6.45) is -0.711. The number of fused-ring (bicyclic) bond motifs is 1. The highest BCUT2D eigenvalue weighted by Gasteiger charge is 2.18. The molecule has 1 heterocycles. The molecule has 2 aromatic rings. The van der Waals surface area contributed by atoms with Gasteiger partial charge < -0.3 is 19.5 Å². The van der Waals surface area contributed by atoms with Crippen LogP contribution in [0.3, 0.4) is 0 Å². The average Bonchev–Trinajstić information content (AvgIpc) is 2.57. The Morgan fingerprint density at radius 3 is 2.71 bits per heavy atom. The quantitative estimate of drug-likeness (QED) is 0.814. The van der Waals surface area contributed by atoms with E-state index in [2.05, 4.69) is 21.2 Å². The van der Waals surface area contributed by atoms with Gasteiger partial charge in [-0.1, -0.05) is 27.5 Å². The molecule has 1 atom stereocenters. The van der Waals surface area contributed by atoms with E-state index >= 15 is 0 Å². The van der Waals surface area contributed by atoms with Crippen LogP contribution in [0.4, 0.5) is 5.69 Å². The van der Waals surface area contributed by atoms with E-state index in [0.29, 0.717) is 41.2 Å². The molecule has 0 aliphatic carbocycles. The Kier molecular flexibility index (Phi) is 5.16. The summed E-state index contributed by atoms with van der Waals surface area (Å²) in [6, 6.07) is 10.5. The highest BCUT2D eigenvalue weighted by atomic mass is 79.9. The van der Waals surface area contributed by atoms with Crippen molar-refractivity contribution < 1.29 is 19.0 Å². The molecule has 0 bridgehead atoms. The van der Waals surface area contributed by atoms with Crippen molar-refractivity contribution in [3.05, 3.63) is 45.9 Å². The van der Waals surface area contributed by atoms with Gasteiger partial charge in [-0.3, -0.25) is 4.79 Å². The van der Waals surface area contributed by atoms with Crippen molar-refractivity contribution in [3.63, 3.8) is 0 Å². The number of benzene rings is 2. The van der Waals surface area contributed by atoms with Crippen LogP contribution in [-0.4, -0.2) is 25.2 Å². The average molecular weight is 413 g/mol. The molecule has 0 saturated heterocycles. The van der Waals surface area contributed by atoms with Gasteiger partial charge in [-0.05, 0) is 37.3 Å². The monoisotopic (exact) mass is 411 g/mol. The predicted molar refractivity (Wildman–Crippen MR) is 95.3 cm³/mol. The molecular formula is C17H15BrClNO4. The third-order valence-electron chi connectivity index (χ3n) is 3.38. The Bertz CT molecular complexity index is 768. The van der Waals surface area contributed by atoms with Crippen molar-refractivity contribution in [3.8, 4) is 17.2 Å². The SMILES string of the molecule is C[C@@H](Oc1ccc(Br)cc1Cl)C(=O)Nc1ccc2c(c1)OCCO2. The number of amides is 1. The van der Waals surface area contributed by atoms with E-state index < -0.39 is 6.10 Å². The van der Waals surface area contributed by atoms with Crippen molar-refractivity contribution >= 4 is 39.1 Å². The maximum Gasteiger partial charge on any atom is 0.265 e. The number of anilines is 1. The Labute approximate surface area is 153 Å². The standard InChI is InChI=1S/C17H15BrClNO4/c1-10(24-14-4-2-11(18)8-13(14)19)17(21)20-12-3-5-15-16(9-12)23-7-6-22-15/h2-5,8-10H,6-7H2,1H3,(H,20,21)/t10-/m1/s1. The molecule has 1 aliphatic rings. The van der Waals surface area contributed by atoms with Gasteiger partial charge in [0.05, 0.1) is 5.02 Å². The third-order valence-corrected chi connectivity index (χ3v) is 4.17. The van der Waals surface area contributed by atoms with E-state index in [0.717, 1.165) is 4.47 Å². The Morgan fingerprint density at radius 2 is 1.96 bits per heavy atom. The molecule has 0 aromatic heterocycles. The van der Waals surface area contributed by atoms with Crippen LogP contribution in [0.5, 0.6) is 17.2 Å². The Hall–Kier alpha value is -1.92. The second-order valence-electron chi connectivity index (χ2n) is 5.18. The summed E-state index contributed by atoms with van der Waals surface area (Å²) in [4.78, 5) is 12.3. The van der Waals surface area contributed by atoms with Gasteiger partial charge in [0.15, 0.2) is 17.6 Å². The summed E-state index contributed by atoms with van der Waals surface area (Å²) in [5.74, 6) is 1.45. The molecule has 5 nitrogen and oxygen atoms in total. The number of nitrogens with one attached hydrogen (secondary N) is 1. The Balaban J connectivity index is 1.65. The number of rotatable bonds is 4. The summed E-state index contributed by atoms with van der Waals surface area (Å²) in [5.41, 5.74) is 0.613. The first kappa shape index (κ1) is 16.9. The maximum atomic E-state index is 12.3. The zero-order valence-corrected chi connectivity index (χ0v) is 15.2. The first-order valence-electron chi connectivity index (χ1n) is 7.35. The molecule has 1 amide bonds. The zero-order valence-electron chi connectivity index (χ0n) is 12.8. The van der Waals surface area contributed by atoms with Crippen LogP contribution >= 0.6 is 27.5 Å². The second kappa shape index (κ2) is 7.32. The minimum absolute atomic E-state index is 0.286. The molecule has 1 aliphatic heterocycles. The van der Waals surface area contributed by atoms with E-state index in [4.69, 9.17) is 25.8 Å². The molecule has 126 valence electrons. The number of hydrogen-bond acceptors (Lipinski definition) is 4. The number of halogens is 2. The molecule has 0 saturated carbocycles. The molecular weight excluding hydrogens is 398 g/mol. The van der Waals surface area contributed by atoms with E-state index in [-0.39, 0.29) is 5.91 Å². The van der Waals surface area contributed by atoms with E-state index in [1.54, 1.807) is 43.3 Å². The van der Waals surface area contributed by atoms with Gasteiger partial charge in [0.25, 0.3) is 5.91 Å². The second-order valence-corrected chi connectivity index (χ2v) is 6.51. The fraction of sp³-hybridized carbons (Fsp3) is 0.235. The maximum absolute atomic E-state index is 12.3. The molecule has 1 N–H and O–H groups in total. The summed E-state index contributed by atoms with van der Waals surface area (Å²) in [6.45, 7) is 2.68. The summed E-state index contributed by atoms with van der Waals surface area (Å²) in [5, 5.41) is 3.22. The molecule has 2 aromatic carbocycles. The lowest BCUT2D eigenvalue weighted by molar-refractivity contribution is -0.122. The van der Waals surface area contributed by atoms with Crippen LogP contribution in [-0.2, 0) is 4.79 Å². The highest BCUT2D eigenvalue weighted by molar-refractivity contribution is 9.10. The molecule has 7 heteroatoms. The number of ether oxygens (including phenoxy) is 3. The topological polar surface area (TPSA) is 56.8 Å². The largest absolute Gasteiger partial charge is 0.486 e. The minimum Gasteiger partial charge on any atom is -0.486 e.